The van der Waals surface area contributed by atoms with Crippen LogP contribution in [-0.2, 0) is 11.2 Å². The van der Waals surface area contributed by atoms with Gasteiger partial charge in [-0.2, -0.15) is 5.10 Å². The Balaban J connectivity index is 1.46. The molecule has 0 saturated heterocycles. The fraction of sp³-hybridized carbons (Fsp3) is 0.130. The van der Waals surface area contributed by atoms with Crippen molar-refractivity contribution in [1.82, 2.24) is 10.2 Å². The van der Waals surface area contributed by atoms with Crippen molar-refractivity contribution in [2.45, 2.75) is 12.5 Å². The molecule has 4 aromatic rings. The minimum absolute atomic E-state index is 0.240. The van der Waals surface area contributed by atoms with Gasteiger partial charge in [-0.25, -0.2) is 0 Å². The van der Waals surface area contributed by atoms with Crippen LogP contribution in [0.1, 0.15) is 5.56 Å². The predicted octanol–water partition coefficient (Wildman–Crippen LogP) is 3.75. The molecule has 1 aromatic heterocycles. The van der Waals surface area contributed by atoms with Gasteiger partial charge in [-0.15, -0.1) is 0 Å². The Hall–Kier alpha value is -3.64. The highest BCUT2D eigenvalue weighted by Crippen LogP contribution is 2.31. The summed E-state index contributed by atoms with van der Waals surface area (Å²) in [5.41, 5.74) is 9.62. The van der Waals surface area contributed by atoms with Crippen LogP contribution in [0, 0.1) is 0 Å². The molecule has 0 aliphatic heterocycles. The summed E-state index contributed by atoms with van der Waals surface area (Å²) < 4.78 is 5.46. The number of aromatic nitrogens is 2. The zero-order chi connectivity index (χ0) is 20.2. The average molecular weight is 386 g/mol. The number of hydrogen-bond acceptors (Lipinski definition) is 4. The summed E-state index contributed by atoms with van der Waals surface area (Å²) in [5, 5.41) is 11.9. The molecule has 4 N–H and O–H groups in total. The molecule has 3 aromatic carbocycles. The van der Waals surface area contributed by atoms with E-state index in [2.05, 4.69) is 39.8 Å². The molecule has 6 heteroatoms. The summed E-state index contributed by atoms with van der Waals surface area (Å²) in [6.45, 7) is 0. The van der Waals surface area contributed by atoms with Gasteiger partial charge < -0.3 is 15.8 Å². The largest absolute Gasteiger partial charge is 0.496 e. The summed E-state index contributed by atoms with van der Waals surface area (Å²) in [6.07, 6.45) is 3.96. The molecule has 0 aliphatic rings. The highest BCUT2D eigenvalue weighted by Gasteiger charge is 2.16. The van der Waals surface area contributed by atoms with Crippen LogP contribution < -0.4 is 15.8 Å². The Morgan fingerprint density at radius 2 is 1.97 bits per heavy atom. The summed E-state index contributed by atoms with van der Waals surface area (Å²) in [6, 6.07) is 19.1. The Morgan fingerprint density at radius 1 is 1.14 bits per heavy atom. The molecule has 1 amide bonds. The van der Waals surface area contributed by atoms with Gasteiger partial charge in [0.15, 0.2) is 0 Å². The third kappa shape index (κ3) is 4.12. The van der Waals surface area contributed by atoms with Crippen molar-refractivity contribution >= 4 is 22.4 Å². The lowest BCUT2D eigenvalue weighted by Gasteiger charge is -2.14. The molecule has 0 bridgehead atoms. The molecule has 1 atom stereocenters. The first-order valence-electron chi connectivity index (χ1n) is 9.35. The molecule has 0 aliphatic carbocycles. The lowest BCUT2D eigenvalue weighted by Crippen LogP contribution is -2.37. The van der Waals surface area contributed by atoms with Crippen molar-refractivity contribution < 1.29 is 9.53 Å². The second kappa shape index (κ2) is 8.16. The van der Waals surface area contributed by atoms with Gasteiger partial charge >= 0.3 is 0 Å². The van der Waals surface area contributed by atoms with Crippen LogP contribution in [0.5, 0.6) is 5.75 Å². The van der Waals surface area contributed by atoms with Crippen LogP contribution >= 0.6 is 0 Å². The summed E-state index contributed by atoms with van der Waals surface area (Å²) in [5.74, 6) is 0.406. The number of rotatable bonds is 6. The number of benzene rings is 3. The molecular formula is C23H22N4O2. The van der Waals surface area contributed by atoms with E-state index in [1.165, 1.54) is 5.39 Å². The van der Waals surface area contributed by atoms with Crippen molar-refractivity contribution in [3.63, 3.8) is 0 Å². The zero-order valence-electron chi connectivity index (χ0n) is 16.1. The van der Waals surface area contributed by atoms with E-state index in [0.717, 1.165) is 22.1 Å². The molecule has 6 nitrogen and oxygen atoms in total. The third-order valence-corrected chi connectivity index (χ3v) is 4.88. The number of amides is 1. The van der Waals surface area contributed by atoms with Gasteiger partial charge in [-0.05, 0) is 34.9 Å². The number of methoxy groups -OCH3 is 1. The number of carbonyl (C=O) groups is 1. The molecule has 0 fully saturated rings. The van der Waals surface area contributed by atoms with Crippen molar-refractivity contribution in [3.8, 4) is 16.9 Å². The number of nitrogens with one attached hydrogen (secondary N) is 2. The Bertz CT molecular complexity index is 1140. The minimum Gasteiger partial charge on any atom is -0.496 e. The van der Waals surface area contributed by atoms with E-state index in [1.54, 1.807) is 25.6 Å². The maximum Gasteiger partial charge on any atom is 0.241 e. The number of anilines is 1. The molecule has 4 rings (SSSR count). The van der Waals surface area contributed by atoms with Crippen molar-refractivity contribution in [2.75, 3.05) is 12.4 Å². The van der Waals surface area contributed by atoms with Gasteiger partial charge in [0.25, 0.3) is 0 Å². The number of H-pyrrole nitrogens is 1. The van der Waals surface area contributed by atoms with Crippen LogP contribution in [0.25, 0.3) is 21.9 Å². The van der Waals surface area contributed by atoms with Crippen molar-refractivity contribution in [2.24, 2.45) is 5.73 Å². The van der Waals surface area contributed by atoms with Gasteiger partial charge in [0.05, 0.1) is 19.3 Å². The topological polar surface area (TPSA) is 93.0 Å². The Morgan fingerprint density at radius 3 is 2.72 bits per heavy atom. The molecular weight excluding hydrogens is 364 g/mol. The molecule has 0 unspecified atom stereocenters. The van der Waals surface area contributed by atoms with E-state index in [0.29, 0.717) is 17.9 Å². The second-order valence-corrected chi connectivity index (χ2v) is 6.88. The number of carbonyl (C=O) groups excluding carboxylic acids is 1. The normalized spacial score (nSPS) is 11.9. The Labute approximate surface area is 168 Å². The number of ether oxygens (including phenoxy) is 1. The lowest BCUT2D eigenvalue weighted by molar-refractivity contribution is -0.117. The highest BCUT2D eigenvalue weighted by atomic mass is 16.5. The highest BCUT2D eigenvalue weighted by molar-refractivity contribution is 5.95. The quantitative estimate of drug-likeness (QED) is 0.470. The molecule has 146 valence electrons. The zero-order valence-corrected chi connectivity index (χ0v) is 16.1. The first kappa shape index (κ1) is 18.7. The van der Waals surface area contributed by atoms with Crippen LogP contribution in [0.15, 0.2) is 73.1 Å². The van der Waals surface area contributed by atoms with E-state index in [1.807, 2.05) is 30.3 Å². The Kier molecular flexibility index (Phi) is 5.27. The number of nitrogens with two attached hydrogens (primary N) is 1. The second-order valence-electron chi connectivity index (χ2n) is 6.88. The van der Waals surface area contributed by atoms with Crippen LogP contribution in [0.4, 0.5) is 5.69 Å². The standard InChI is InChI=1S/C23H22N4O2/c1-29-22-12-19(8-9-20(22)18-13-25-26-14-18)27-23(28)21(24)11-15-6-7-16-4-2-3-5-17(16)10-15/h2-10,12-14,21H,11,24H2,1H3,(H,25,26)(H,27,28)/t21-/m1/s1. The van der Waals surface area contributed by atoms with Gasteiger partial charge in [-0.1, -0.05) is 42.5 Å². The van der Waals surface area contributed by atoms with Crippen LogP contribution in [-0.4, -0.2) is 29.3 Å². The number of aromatic amines is 1. The molecule has 29 heavy (non-hydrogen) atoms. The first-order valence-corrected chi connectivity index (χ1v) is 9.35. The smallest absolute Gasteiger partial charge is 0.241 e. The van der Waals surface area contributed by atoms with Gasteiger partial charge in [0.2, 0.25) is 5.91 Å². The van der Waals surface area contributed by atoms with E-state index in [-0.39, 0.29) is 5.91 Å². The lowest BCUT2D eigenvalue weighted by atomic mass is 10.0. The maximum atomic E-state index is 12.6. The summed E-state index contributed by atoms with van der Waals surface area (Å²) in [7, 11) is 1.59. The molecule has 1 heterocycles. The van der Waals surface area contributed by atoms with Crippen molar-refractivity contribution in [1.29, 1.82) is 0 Å². The summed E-state index contributed by atoms with van der Waals surface area (Å²) >= 11 is 0. The average Bonchev–Trinajstić information content (AvgIpc) is 3.28. The fourth-order valence-corrected chi connectivity index (χ4v) is 3.35. The van der Waals surface area contributed by atoms with Crippen LogP contribution in [0.3, 0.4) is 0 Å². The van der Waals surface area contributed by atoms with Gasteiger partial charge in [0, 0.05) is 29.1 Å². The molecule has 0 radical (unpaired) electrons. The number of hydrogen-bond donors (Lipinski definition) is 3. The monoisotopic (exact) mass is 386 g/mol. The molecule has 0 saturated carbocycles. The van der Waals surface area contributed by atoms with Crippen LogP contribution in [0.2, 0.25) is 0 Å². The fourth-order valence-electron chi connectivity index (χ4n) is 3.35. The number of fused-ring (bicyclic) bond motifs is 1. The van der Waals surface area contributed by atoms with Crippen molar-refractivity contribution in [3.05, 3.63) is 78.6 Å². The minimum atomic E-state index is -0.657. The van der Waals surface area contributed by atoms with E-state index < -0.39 is 6.04 Å². The van der Waals surface area contributed by atoms with E-state index in [9.17, 15) is 4.79 Å². The number of nitrogens with zero attached hydrogens (tertiary/aromatic N) is 1. The van der Waals surface area contributed by atoms with E-state index in [4.69, 9.17) is 10.5 Å². The predicted molar refractivity (Wildman–Crippen MR) is 115 cm³/mol. The third-order valence-electron chi connectivity index (χ3n) is 4.88. The molecule has 0 spiro atoms. The van der Waals surface area contributed by atoms with E-state index >= 15 is 0 Å². The SMILES string of the molecule is COc1cc(NC(=O)[C@H](N)Cc2ccc3ccccc3c2)ccc1-c1cn[nH]c1. The maximum absolute atomic E-state index is 12.6. The van der Waals surface area contributed by atoms with Gasteiger partial charge in [-0.3, -0.25) is 9.89 Å². The first-order chi connectivity index (χ1) is 14.1. The van der Waals surface area contributed by atoms with Gasteiger partial charge in [0.1, 0.15) is 5.75 Å². The summed E-state index contributed by atoms with van der Waals surface area (Å²) in [4.78, 5) is 12.6.